The predicted octanol–water partition coefficient (Wildman–Crippen LogP) is 0.922. The number of aromatic hydroxyl groups is 2. The van der Waals surface area contributed by atoms with Gasteiger partial charge in [-0.15, -0.1) is 0 Å². The maximum atomic E-state index is 12.3. The van der Waals surface area contributed by atoms with Crippen LogP contribution in [0.3, 0.4) is 0 Å². The minimum Gasteiger partial charge on any atom is -0.504 e. The minimum atomic E-state index is -0.339. The Hall–Kier alpha value is -1.75. The molecule has 1 saturated heterocycles. The molecule has 0 bridgehead atoms. The van der Waals surface area contributed by atoms with Crippen LogP contribution in [0, 0.1) is 0 Å². The Morgan fingerprint density at radius 3 is 2.94 bits per heavy atom. The molecule has 1 fully saturated rings. The second-order valence-corrected chi connectivity index (χ2v) is 4.55. The molecule has 98 valence electrons. The van der Waals surface area contributed by atoms with Gasteiger partial charge in [-0.25, -0.2) is 0 Å². The van der Waals surface area contributed by atoms with Crippen LogP contribution in [0.2, 0.25) is 0 Å². The van der Waals surface area contributed by atoms with Crippen LogP contribution in [-0.4, -0.2) is 47.2 Å². The quantitative estimate of drug-likeness (QED) is 0.682. The fourth-order valence-electron chi connectivity index (χ4n) is 2.27. The van der Waals surface area contributed by atoms with Crippen molar-refractivity contribution in [2.24, 2.45) is 0 Å². The molecule has 0 radical (unpaired) electrons. The van der Waals surface area contributed by atoms with E-state index in [-0.39, 0.29) is 23.0 Å². The summed E-state index contributed by atoms with van der Waals surface area (Å²) in [6.45, 7) is 1.32. The van der Waals surface area contributed by atoms with E-state index in [0.717, 1.165) is 12.8 Å². The Morgan fingerprint density at radius 2 is 2.22 bits per heavy atom. The van der Waals surface area contributed by atoms with Crippen LogP contribution in [0.1, 0.15) is 23.2 Å². The Bertz CT molecular complexity index is 448. The van der Waals surface area contributed by atoms with Gasteiger partial charge in [0.15, 0.2) is 11.5 Å². The zero-order valence-corrected chi connectivity index (χ0v) is 10.4. The molecule has 5 heteroatoms. The van der Waals surface area contributed by atoms with E-state index >= 15 is 0 Å². The van der Waals surface area contributed by atoms with Gasteiger partial charge < -0.3 is 20.4 Å². The van der Waals surface area contributed by atoms with Gasteiger partial charge in [0.1, 0.15) is 0 Å². The molecule has 18 heavy (non-hydrogen) atoms. The van der Waals surface area contributed by atoms with Gasteiger partial charge in [0.2, 0.25) is 0 Å². The molecule has 5 nitrogen and oxygen atoms in total. The van der Waals surface area contributed by atoms with Crippen molar-refractivity contribution in [1.29, 1.82) is 0 Å². The van der Waals surface area contributed by atoms with Gasteiger partial charge in [0, 0.05) is 19.1 Å². The first-order valence-electron chi connectivity index (χ1n) is 6.11. The number of phenolic OH excluding ortho intramolecular Hbond substituents is 2. The van der Waals surface area contributed by atoms with Crippen molar-refractivity contribution in [2.75, 3.05) is 20.1 Å². The van der Waals surface area contributed by atoms with Crippen LogP contribution in [-0.2, 0) is 0 Å². The molecule has 0 saturated carbocycles. The molecular weight excluding hydrogens is 232 g/mol. The maximum absolute atomic E-state index is 12.3. The van der Waals surface area contributed by atoms with Crippen molar-refractivity contribution in [2.45, 2.75) is 18.9 Å². The van der Waals surface area contributed by atoms with Crippen molar-refractivity contribution >= 4 is 5.91 Å². The number of carbonyl (C=O) groups is 1. The number of likely N-dealkylation sites (N-methyl/N-ethyl adjacent to an activating group) is 1. The molecule has 1 aliphatic heterocycles. The molecule has 1 aliphatic rings. The molecule has 1 unspecified atom stereocenters. The molecule has 1 heterocycles. The fourth-order valence-corrected chi connectivity index (χ4v) is 2.27. The topological polar surface area (TPSA) is 72.8 Å². The van der Waals surface area contributed by atoms with Crippen molar-refractivity contribution < 1.29 is 15.0 Å². The summed E-state index contributed by atoms with van der Waals surface area (Å²) >= 11 is 0. The highest BCUT2D eigenvalue weighted by Gasteiger charge is 2.25. The summed E-state index contributed by atoms with van der Waals surface area (Å²) in [6.07, 6.45) is 1.99. The molecule has 3 N–H and O–H groups in total. The molecule has 2 rings (SSSR count). The first-order valence-corrected chi connectivity index (χ1v) is 6.11. The number of carbonyl (C=O) groups excluding carboxylic acids is 1. The zero-order chi connectivity index (χ0) is 13.1. The summed E-state index contributed by atoms with van der Waals surface area (Å²) < 4.78 is 0. The number of piperidine rings is 1. The van der Waals surface area contributed by atoms with Crippen LogP contribution in [0.15, 0.2) is 18.2 Å². The Morgan fingerprint density at radius 1 is 1.44 bits per heavy atom. The van der Waals surface area contributed by atoms with Crippen LogP contribution in [0.5, 0.6) is 11.5 Å². The van der Waals surface area contributed by atoms with E-state index in [1.165, 1.54) is 12.1 Å². The Balaban J connectivity index is 2.18. The molecule has 0 spiro atoms. The third-order valence-electron chi connectivity index (χ3n) is 3.36. The van der Waals surface area contributed by atoms with Gasteiger partial charge >= 0.3 is 0 Å². The van der Waals surface area contributed by atoms with Gasteiger partial charge in [0.05, 0.1) is 5.56 Å². The Kier molecular flexibility index (Phi) is 3.72. The molecule has 1 atom stereocenters. The number of phenols is 2. The third kappa shape index (κ3) is 2.41. The molecular formula is C13H18N2O3. The van der Waals surface area contributed by atoms with Crippen molar-refractivity contribution in [3.8, 4) is 11.5 Å². The van der Waals surface area contributed by atoms with E-state index in [2.05, 4.69) is 5.32 Å². The molecule has 0 aromatic heterocycles. The Labute approximate surface area is 106 Å². The number of para-hydroxylation sites is 1. The number of benzene rings is 1. The average molecular weight is 250 g/mol. The smallest absolute Gasteiger partial charge is 0.257 e. The maximum Gasteiger partial charge on any atom is 0.257 e. The summed E-state index contributed by atoms with van der Waals surface area (Å²) in [6, 6.07) is 4.74. The largest absolute Gasteiger partial charge is 0.504 e. The number of hydrogen-bond acceptors (Lipinski definition) is 4. The lowest BCUT2D eigenvalue weighted by molar-refractivity contribution is 0.0694. The third-order valence-corrected chi connectivity index (χ3v) is 3.36. The zero-order valence-electron chi connectivity index (χ0n) is 10.4. The van der Waals surface area contributed by atoms with Gasteiger partial charge in [-0.2, -0.15) is 0 Å². The van der Waals surface area contributed by atoms with Crippen LogP contribution < -0.4 is 5.32 Å². The number of amides is 1. The number of likely N-dealkylation sites (tertiary alicyclic amines) is 1. The molecule has 0 aliphatic carbocycles. The fraction of sp³-hybridized carbons (Fsp3) is 0.462. The van der Waals surface area contributed by atoms with Gasteiger partial charge in [0.25, 0.3) is 5.91 Å². The average Bonchev–Trinajstić information content (AvgIpc) is 2.41. The lowest BCUT2D eigenvalue weighted by Gasteiger charge is -2.32. The van der Waals surface area contributed by atoms with E-state index in [1.54, 1.807) is 11.0 Å². The second kappa shape index (κ2) is 5.27. The monoisotopic (exact) mass is 250 g/mol. The number of hydrogen-bond donors (Lipinski definition) is 3. The number of rotatable bonds is 2. The normalized spacial score (nSPS) is 19.8. The molecule has 1 aromatic carbocycles. The molecule has 1 aromatic rings. The summed E-state index contributed by atoms with van der Waals surface area (Å²) in [5.41, 5.74) is 0.159. The van der Waals surface area contributed by atoms with E-state index in [1.807, 2.05) is 7.05 Å². The van der Waals surface area contributed by atoms with E-state index < -0.39 is 0 Å². The van der Waals surface area contributed by atoms with E-state index in [4.69, 9.17) is 0 Å². The highest BCUT2D eigenvalue weighted by atomic mass is 16.3. The highest BCUT2D eigenvalue weighted by Crippen LogP contribution is 2.29. The first kappa shape index (κ1) is 12.7. The number of nitrogens with zero attached hydrogens (tertiary/aromatic N) is 1. The summed E-state index contributed by atoms with van der Waals surface area (Å²) in [4.78, 5) is 14.0. The van der Waals surface area contributed by atoms with Crippen molar-refractivity contribution in [1.82, 2.24) is 10.2 Å². The van der Waals surface area contributed by atoms with Gasteiger partial charge in [-0.05, 0) is 32.0 Å². The predicted molar refractivity (Wildman–Crippen MR) is 67.8 cm³/mol. The van der Waals surface area contributed by atoms with E-state index in [0.29, 0.717) is 19.1 Å². The second-order valence-electron chi connectivity index (χ2n) is 4.55. The van der Waals surface area contributed by atoms with Crippen LogP contribution in [0.4, 0.5) is 0 Å². The summed E-state index contributed by atoms with van der Waals surface area (Å²) in [5, 5.41) is 22.3. The summed E-state index contributed by atoms with van der Waals surface area (Å²) in [5.74, 6) is -0.833. The van der Waals surface area contributed by atoms with E-state index in [9.17, 15) is 15.0 Å². The minimum absolute atomic E-state index is 0.159. The van der Waals surface area contributed by atoms with Crippen molar-refractivity contribution in [3.05, 3.63) is 23.8 Å². The van der Waals surface area contributed by atoms with Crippen LogP contribution in [0.25, 0.3) is 0 Å². The SMILES string of the molecule is CNC1CCCN(C(=O)c2cccc(O)c2O)C1. The van der Waals surface area contributed by atoms with Crippen LogP contribution >= 0.6 is 0 Å². The van der Waals surface area contributed by atoms with Crippen molar-refractivity contribution in [3.63, 3.8) is 0 Å². The van der Waals surface area contributed by atoms with Gasteiger partial charge in [-0.1, -0.05) is 6.07 Å². The molecule has 1 amide bonds. The van der Waals surface area contributed by atoms with Gasteiger partial charge in [-0.3, -0.25) is 4.79 Å². The first-order chi connectivity index (χ1) is 8.63. The lowest BCUT2D eigenvalue weighted by atomic mass is 10.0. The number of nitrogens with one attached hydrogen (secondary N) is 1. The standard InChI is InChI=1S/C13H18N2O3/c1-14-9-4-3-7-15(8-9)13(18)10-5-2-6-11(16)12(10)17/h2,5-6,9,14,16-17H,3-4,7-8H2,1H3. The summed E-state index contributed by atoms with van der Waals surface area (Å²) in [7, 11) is 1.88. The highest BCUT2D eigenvalue weighted by molar-refractivity contribution is 5.97. The lowest BCUT2D eigenvalue weighted by Crippen LogP contribution is -2.46.